The minimum absolute atomic E-state index is 0. The highest BCUT2D eigenvalue weighted by atomic mass is 127. The van der Waals surface area contributed by atoms with Crippen LogP contribution in [0.1, 0.15) is 65.2 Å². The minimum atomic E-state index is 0. The highest BCUT2D eigenvalue weighted by Crippen LogP contribution is 2.20. The molecule has 3 fully saturated rings. The molecule has 3 rings (SSSR count). The van der Waals surface area contributed by atoms with E-state index in [9.17, 15) is 0 Å². The Morgan fingerprint density at radius 2 is 1.80 bits per heavy atom. The van der Waals surface area contributed by atoms with Gasteiger partial charge in [-0.05, 0) is 83.8 Å². The van der Waals surface area contributed by atoms with E-state index in [1.807, 2.05) is 0 Å². The van der Waals surface area contributed by atoms with Crippen molar-refractivity contribution in [2.45, 2.75) is 77.4 Å². The molecule has 0 spiro atoms. The molecule has 3 heterocycles. The fraction of sp³-hybridized carbons (Fsp3) is 0.957. The van der Waals surface area contributed by atoms with Gasteiger partial charge in [-0.1, -0.05) is 6.92 Å². The number of halogens is 1. The van der Waals surface area contributed by atoms with Gasteiger partial charge in [-0.3, -0.25) is 4.99 Å². The molecule has 1 N–H and O–H groups in total. The van der Waals surface area contributed by atoms with Gasteiger partial charge in [-0.2, -0.15) is 0 Å². The number of piperidine rings is 2. The van der Waals surface area contributed by atoms with Crippen molar-refractivity contribution in [3.8, 4) is 0 Å². The van der Waals surface area contributed by atoms with Crippen molar-refractivity contribution < 1.29 is 9.47 Å². The largest absolute Gasteiger partial charge is 0.376 e. The molecule has 0 aromatic rings. The second kappa shape index (κ2) is 14.9. The van der Waals surface area contributed by atoms with Gasteiger partial charge in [-0.25, -0.2) is 0 Å². The Bertz CT molecular complexity index is 472. The fourth-order valence-electron chi connectivity index (χ4n) is 4.77. The van der Waals surface area contributed by atoms with E-state index in [1.54, 1.807) is 0 Å². The molecule has 0 aliphatic carbocycles. The van der Waals surface area contributed by atoms with Crippen molar-refractivity contribution in [3.05, 3.63) is 0 Å². The van der Waals surface area contributed by atoms with Crippen LogP contribution in [0.5, 0.6) is 0 Å². The molecule has 0 radical (unpaired) electrons. The van der Waals surface area contributed by atoms with Crippen molar-refractivity contribution in [2.24, 2.45) is 10.9 Å². The first-order chi connectivity index (χ1) is 14.3. The number of hydrogen-bond acceptors (Lipinski definition) is 4. The van der Waals surface area contributed by atoms with Gasteiger partial charge in [0.15, 0.2) is 5.96 Å². The molecule has 3 saturated heterocycles. The standard InChI is InChI=1S/C23H44N4O2.HI/c1-3-12-26-13-8-20(9-14-26)18-25-23(24-4-2)27-15-10-21(11-16-27)29-19-22-7-5-6-17-28-22;/h20-22H,3-19H2,1-2H3,(H,24,25);1H. The van der Waals surface area contributed by atoms with Gasteiger partial charge in [0.2, 0.25) is 0 Å². The average Bonchev–Trinajstić information content (AvgIpc) is 2.77. The van der Waals surface area contributed by atoms with E-state index in [0.717, 1.165) is 70.5 Å². The predicted octanol–water partition coefficient (Wildman–Crippen LogP) is 3.74. The summed E-state index contributed by atoms with van der Waals surface area (Å²) in [7, 11) is 0. The number of nitrogens with one attached hydrogen (secondary N) is 1. The van der Waals surface area contributed by atoms with E-state index in [1.165, 1.54) is 51.7 Å². The normalized spacial score (nSPS) is 25.2. The second-order valence-electron chi connectivity index (χ2n) is 8.99. The summed E-state index contributed by atoms with van der Waals surface area (Å²) in [5.41, 5.74) is 0. The van der Waals surface area contributed by atoms with E-state index in [2.05, 4.69) is 29.0 Å². The number of guanidine groups is 1. The Hall–Kier alpha value is -0.120. The van der Waals surface area contributed by atoms with Gasteiger partial charge in [0.25, 0.3) is 0 Å². The van der Waals surface area contributed by atoms with Crippen molar-refractivity contribution in [1.82, 2.24) is 15.1 Å². The monoisotopic (exact) mass is 536 g/mol. The van der Waals surface area contributed by atoms with Gasteiger partial charge in [0.1, 0.15) is 0 Å². The molecule has 0 aromatic carbocycles. The molecular formula is C23H45IN4O2. The third-order valence-electron chi connectivity index (χ3n) is 6.61. The molecule has 6 nitrogen and oxygen atoms in total. The summed E-state index contributed by atoms with van der Waals surface area (Å²) in [4.78, 5) is 10.1. The zero-order valence-electron chi connectivity index (χ0n) is 19.3. The molecule has 7 heteroatoms. The molecule has 0 saturated carbocycles. The summed E-state index contributed by atoms with van der Waals surface area (Å²) in [6, 6.07) is 0. The number of likely N-dealkylation sites (tertiary alicyclic amines) is 2. The van der Waals surface area contributed by atoms with Crippen LogP contribution in [-0.2, 0) is 9.47 Å². The van der Waals surface area contributed by atoms with Crippen LogP contribution in [0.15, 0.2) is 4.99 Å². The summed E-state index contributed by atoms with van der Waals surface area (Å²) < 4.78 is 12.0. The Morgan fingerprint density at radius 1 is 1.03 bits per heavy atom. The first kappa shape index (κ1) is 26.1. The zero-order valence-corrected chi connectivity index (χ0v) is 21.6. The molecule has 1 atom stereocenters. The number of aliphatic imine (C=N–C) groups is 1. The summed E-state index contributed by atoms with van der Waals surface area (Å²) in [5.74, 6) is 1.85. The maximum Gasteiger partial charge on any atom is 0.193 e. The van der Waals surface area contributed by atoms with Gasteiger partial charge in [-0.15, -0.1) is 24.0 Å². The van der Waals surface area contributed by atoms with Gasteiger partial charge >= 0.3 is 0 Å². The second-order valence-corrected chi connectivity index (χ2v) is 8.99. The van der Waals surface area contributed by atoms with Crippen LogP contribution in [0, 0.1) is 5.92 Å². The number of nitrogens with zero attached hydrogens (tertiary/aromatic N) is 3. The summed E-state index contributed by atoms with van der Waals surface area (Å²) in [5, 5.41) is 3.52. The molecule has 3 aliphatic heterocycles. The lowest BCUT2D eigenvalue weighted by molar-refractivity contribution is -0.0721. The summed E-state index contributed by atoms with van der Waals surface area (Å²) in [6.07, 6.45) is 10.4. The molecule has 3 aliphatic rings. The van der Waals surface area contributed by atoms with Gasteiger partial charge < -0.3 is 24.6 Å². The quantitative estimate of drug-likeness (QED) is 0.291. The first-order valence-electron chi connectivity index (χ1n) is 12.3. The lowest BCUT2D eigenvalue weighted by Crippen LogP contribution is -2.47. The maximum absolute atomic E-state index is 6.18. The third kappa shape index (κ3) is 8.79. The number of ether oxygens (including phenoxy) is 2. The van der Waals surface area contributed by atoms with Crippen LogP contribution >= 0.6 is 24.0 Å². The van der Waals surface area contributed by atoms with Crippen molar-refractivity contribution >= 4 is 29.9 Å². The minimum Gasteiger partial charge on any atom is -0.376 e. The smallest absolute Gasteiger partial charge is 0.193 e. The zero-order chi connectivity index (χ0) is 20.3. The average molecular weight is 537 g/mol. The Kier molecular flexibility index (Phi) is 12.9. The van der Waals surface area contributed by atoms with E-state index in [4.69, 9.17) is 14.5 Å². The lowest BCUT2D eigenvalue weighted by atomic mass is 9.97. The van der Waals surface area contributed by atoms with Crippen molar-refractivity contribution in [3.63, 3.8) is 0 Å². The van der Waals surface area contributed by atoms with Gasteiger partial charge in [0, 0.05) is 32.8 Å². The molecule has 30 heavy (non-hydrogen) atoms. The van der Waals surface area contributed by atoms with Gasteiger partial charge in [0.05, 0.1) is 18.8 Å². The van der Waals surface area contributed by atoms with Crippen LogP contribution in [-0.4, -0.2) is 87.0 Å². The van der Waals surface area contributed by atoms with Crippen LogP contribution in [0.25, 0.3) is 0 Å². The lowest BCUT2D eigenvalue weighted by Gasteiger charge is -2.35. The van der Waals surface area contributed by atoms with E-state index in [0.29, 0.717) is 12.2 Å². The van der Waals surface area contributed by atoms with E-state index < -0.39 is 0 Å². The van der Waals surface area contributed by atoms with Crippen molar-refractivity contribution in [2.75, 3.05) is 59.0 Å². The van der Waals surface area contributed by atoms with Crippen LogP contribution in [0.4, 0.5) is 0 Å². The summed E-state index contributed by atoms with van der Waals surface area (Å²) >= 11 is 0. The topological polar surface area (TPSA) is 49.3 Å². The first-order valence-corrected chi connectivity index (χ1v) is 12.3. The third-order valence-corrected chi connectivity index (χ3v) is 6.61. The summed E-state index contributed by atoms with van der Waals surface area (Å²) in [6.45, 7) is 13.9. The predicted molar refractivity (Wildman–Crippen MR) is 135 cm³/mol. The van der Waals surface area contributed by atoms with E-state index >= 15 is 0 Å². The maximum atomic E-state index is 6.18. The highest BCUT2D eigenvalue weighted by molar-refractivity contribution is 14.0. The SMILES string of the molecule is CCCN1CCC(CN=C(NCC)N2CCC(OCC3CCCCO3)CC2)CC1.I. The number of hydrogen-bond donors (Lipinski definition) is 1. The molecule has 0 amide bonds. The van der Waals surface area contributed by atoms with E-state index in [-0.39, 0.29) is 24.0 Å². The molecule has 0 bridgehead atoms. The molecular weight excluding hydrogens is 491 g/mol. The number of rotatable bonds is 8. The van der Waals surface area contributed by atoms with Crippen LogP contribution < -0.4 is 5.32 Å². The molecule has 176 valence electrons. The Balaban J connectivity index is 0.00000320. The Morgan fingerprint density at radius 3 is 2.43 bits per heavy atom. The highest BCUT2D eigenvalue weighted by Gasteiger charge is 2.24. The van der Waals surface area contributed by atoms with Crippen LogP contribution in [0.2, 0.25) is 0 Å². The van der Waals surface area contributed by atoms with Crippen LogP contribution in [0.3, 0.4) is 0 Å². The fourth-order valence-corrected chi connectivity index (χ4v) is 4.77. The Labute approximate surface area is 201 Å². The molecule has 0 aromatic heterocycles. The van der Waals surface area contributed by atoms with Crippen molar-refractivity contribution in [1.29, 1.82) is 0 Å². The molecule has 1 unspecified atom stereocenters.